The zero-order valence-corrected chi connectivity index (χ0v) is 19.8. The van der Waals surface area contributed by atoms with Gasteiger partial charge in [-0.3, -0.25) is 9.89 Å². The molecule has 170 valence electrons. The van der Waals surface area contributed by atoms with Gasteiger partial charge in [0.2, 0.25) is 0 Å². The number of rotatable bonds is 7. The van der Waals surface area contributed by atoms with Crippen molar-refractivity contribution in [2.24, 2.45) is 0 Å². The van der Waals surface area contributed by atoms with Crippen LogP contribution in [0.1, 0.15) is 57.6 Å². The van der Waals surface area contributed by atoms with Gasteiger partial charge in [0.05, 0.1) is 16.3 Å². The summed E-state index contributed by atoms with van der Waals surface area (Å²) < 4.78 is 13.5. The summed E-state index contributed by atoms with van der Waals surface area (Å²) in [6, 6.07) is 8.34. The third kappa shape index (κ3) is 4.39. The largest absolute Gasteiger partial charge is 0.341 e. The number of thiophene rings is 1. The van der Waals surface area contributed by atoms with E-state index in [2.05, 4.69) is 10.2 Å². The van der Waals surface area contributed by atoms with E-state index in [-0.39, 0.29) is 11.7 Å². The fourth-order valence-electron chi connectivity index (χ4n) is 4.15. The van der Waals surface area contributed by atoms with Gasteiger partial charge in [0.15, 0.2) is 0 Å². The van der Waals surface area contributed by atoms with E-state index in [0.717, 1.165) is 74.8 Å². The van der Waals surface area contributed by atoms with Crippen LogP contribution in [0.2, 0.25) is 0 Å². The molecule has 1 fully saturated rings. The van der Waals surface area contributed by atoms with E-state index in [9.17, 15) is 9.18 Å². The molecule has 1 saturated carbocycles. The highest BCUT2D eigenvalue weighted by Gasteiger charge is 2.29. The lowest BCUT2D eigenvalue weighted by Crippen LogP contribution is -2.27. The van der Waals surface area contributed by atoms with Crippen LogP contribution in [0.15, 0.2) is 30.3 Å². The van der Waals surface area contributed by atoms with E-state index in [1.54, 1.807) is 11.0 Å². The van der Waals surface area contributed by atoms with Crippen molar-refractivity contribution in [2.75, 3.05) is 13.6 Å². The van der Waals surface area contributed by atoms with Crippen molar-refractivity contribution in [1.82, 2.24) is 25.1 Å². The predicted molar refractivity (Wildman–Crippen MR) is 128 cm³/mol. The summed E-state index contributed by atoms with van der Waals surface area (Å²) in [5.74, 6) is 1.15. The predicted octanol–water partition coefficient (Wildman–Crippen LogP) is 5.42. The molecule has 8 heteroatoms. The van der Waals surface area contributed by atoms with Crippen LogP contribution < -0.4 is 0 Å². The smallest absolute Gasteiger partial charge is 0.264 e. The third-order valence-electron chi connectivity index (χ3n) is 6.16. The highest BCUT2D eigenvalue weighted by Crippen LogP contribution is 2.40. The number of aromatic amines is 1. The highest BCUT2D eigenvalue weighted by molar-refractivity contribution is 7.20. The summed E-state index contributed by atoms with van der Waals surface area (Å²) in [6.07, 6.45) is 3.86. The lowest BCUT2D eigenvalue weighted by atomic mass is 10.1. The summed E-state index contributed by atoms with van der Waals surface area (Å²) in [5, 5.41) is 8.33. The molecule has 0 atom stereocenters. The number of aryl methyl sites for hydroxylation is 3. The quantitative estimate of drug-likeness (QED) is 0.397. The molecule has 0 spiro atoms. The summed E-state index contributed by atoms with van der Waals surface area (Å²) in [6.45, 7) is 4.63. The Hall–Kier alpha value is -3.13. The molecule has 33 heavy (non-hydrogen) atoms. The lowest BCUT2D eigenvalue weighted by Gasteiger charge is -2.16. The molecule has 6 nitrogen and oxygen atoms in total. The molecule has 5 rings (SSSR count). The fourth-order valence-corrected chi connectivity index (χ4v) is 5.39. The zero-order valence-electron chi connectivity index (χ0n) is 19.0. The molecule has 1 aromatic carbocycles. The average molecular weight is 464 g/mol. The molecule has 0 bridgehead atoms. The first-order valence-corrected chi connectivity index (χ1v) is 12.1. The van der Waals surface area contributed by atoms with Crippen molar-refractivity contribution in [3.63, 3.8) is 0 Å². The zero-order chi connectivity index (χ0) is 23.1. The molecule has 0 aliphatic heterocycles. The van der Waals surface area contributed by atoms with Gasteiger partial charge in [0.1, 0.15) is 16.5 Å². The number of nitrogens with one attached hydrogen (secondary N) is 1. The number of benzene rings is 1. The first-order chi connectivity index (χ1) is 15.9. The van der Waals surface area contributed by atoms with Gasteiger partial charge in [-0.05, 0) is 63.3 Å². The fraction of sp³-hybridized carbons (Fsp3) is 0.360. The highest BCUT2D eigenvalue weighted by atomic mass is 32.1. The van der Waals surface area contributed by atoms with Gasteiger partial charge in [-0.25, -0.2) is 14.4 Å². The van der Waals surface area contributed by atoms with Gasteiger partial charge in [0, 0.05) is 36.2 Å². The maximum absolute atomic E-state index is 13.5. The van der Waals surface area contributed by atoms with Crippen molar-refractivity contribution in [2.45, 2.75) is 45.4 Å². The summed E-state index contributed by atoms with van der Waals surface area (Å²) in [4.78, 5) is 26.1. The Morgan fingerprint density at radius 2 is 2.06 bits per heavy atom. The minimum Gasteiger partial charge on any atom is -0.341 e. The molecule has 3 aromatic heterocycles. The normalized spacial score (nSPS) is 13.6. The Balaban J connectivity index is 1.24. The molecule has 1 amide bonds. The standard InChI is InChI=1S/C25H26FN5OS/c1-14-21-15(2)27-23(16-9-10-16)28-24(21)33-22(14)25(32)31(3)11-5-8-19-13-20(30-29-19)17-6-4-7-18(26)12-17/h4,6-7,12-13,16H,5,8-11H2,1-3H3,(H,29,30). The van der Waals surface area contributed by atoms with E-state index in [0.29, 0.717) is 12.5 Å². The van der Waals surface area contributed by atoms with E-state index in [1.807, 2.05) is 33.0 Å². The van der Waals surface area contributed by atoms with Gasteiger partial charge in [-0.2, -0.15) is 5.10 Å². The Morgan fingerprint density at radius 3 is 2.82 bits per heavy atom. The first kappa shape index (κ1) is 21.7. The molecule has 4 aromatic rings. The number of carbonyl (C=O) groups excluding carboxylic acids is 1. The van der Waals surface area contributed by atoms with Gasteiger partial charge >= 0.3 is 0 Å². The van der Waals surface area contributed by atoms with Gasteiger partial charge in [0.25, 0.3) is 5.91 Å². The van der Waals surface area contributed by atoms with Gasteiger partial charge < -0.3 is 4.90 Å². The molecule has 1 N–H and O–H groups in total. The van der Waals surface area contributed by atoms with Crippen molar-refractivity contribution in [1.29, 1.82) is 0 Å². The van der Waals surface area contributed by atoms with Crippen LogP contribution >= 0.6 is 11.3 Å². The first-order valence-electron chi connectivity index (χ1n) is 11.2. The Kier molecular flexibility index (Phi) is 5.70. The minimum atomic E-state index is -0.279. The average Bonchev–Trinajstić information content (AvgIpc) is 3.45. The van der Waals surface area contributed by atoms with Gasteiger partial charge in [-0.1, -0.05) is 12.1 Å². The van der Waals surface area contributed by atoms with Crippen LogP contribution in [0.5, 0.6) is 0 Å². The molecule has 1 aliphatic carbocycles. The third-order valence-corrected chi connectivity index (χ3v) is 7.34. The summed E-state index contributed by atoms with van der Waals surface area (Å²) in [7, 11) is 1.84. The van der Waals surface area contributed by atoms with E-state index >= 15 is 0 Å². The Labute approximate surface area is 195 Å². The number of carbonyl (C=O) groups is 1. The van der Waals surface area contributed by atoms with Crippen LogP contribution in [-0.4, -0.2) is 44.6 Å². The lowest BCUT2D eigenvalue weighted by molar-refractivity contribution is 0.0797. The second kappa shape index (κ2) is 8.67. The van der Waals surface area contributed by atoms with Crippen molar-refractivity contribution < 1.29 is 9.18 Å². The Bertz CT molecular complexity index is 1340. The molecule has 3 heterocycles. The molecule has 1 aliphatic rings. The minimum absolute atomic E-state index is 0.0212. The van der Waals surface area contributed by atoms with E-state index in [4.69, 9.17) is 9.97 Å². The van der Waals surface area contributed by atoms with Gasteiger partial charge in [-0.15, -0.1) is 11.3 Å². The molecule has 0 unspecified atom stereocenters. The van der Waals surface area contributed by atoms with Crippen molar-refractivity contribution >= 4 is 27.5 Å². The van der Waals surface area contributed by atoms with E-state index < -0.39 is 0 Å². The number of amides is 1. The van der Waals surface area contributed by atoms with E-state index in [1.165, 1.54) is 23.5 Å². The number of hydrogen-bond acceptors (Lipinski definition) is 5. The number of halogens is 1. The molecular formula is C25H26FN5OS. The molecule has 0 radical (unpaired) electrons. The number of aromatic nitrogens is 4. The van der Waals surface area contributed by atoms with Crippen LogP contribution in [0.4, 0.5) is 4.39 Å². The molecular weight excluding hydrogens is 437 g/mol. The maximum Gasteiger partial charge on any atom is 0.264 e. The maximum atomic E-state index is 13.5. The summed E-state index contributed by atoms with van der Waals surface area (Å²) in [5.41, 5.74) is 4.36. The van der Waals surface area contributed by atoms with Crippen LogP contribution in [0.25, 0.3) is 21.5 Å². The second-order valence-electron chi connectivity index (χ2n) is 8.80. The monoisotopic (exact) mass is 463 g/mol. The number of fused-ring (bicyclic) bond motifs is 1. The van der Waals surface area contributed by atoms with Crippen LogP contribution in [-0.2, 0) is 6.42 Å². The summed E-state index contributed by atoms with van der Waals surface area (Å²) >= 11 is 1.48. The number of hydrogen-bond donors (Lipinski definition) is 1. The van der Waals surface area contributed by atoms with Crippen LogP contribution in [0, 0.1) is 19.7 Å². The molecule has 0 saturated heterocycles. The number of nitrogens with zero attached hydrogens (tertiary/aromatic N) is 4. The van der Waals surface area contributed by atoms with Crippen LogP contribution in [0.3, 0.4) is 0 Å². The topological polar surface area (TPSA) is 74.8 Å². The Morgan fingerprint density at radius 1 is 1.24 bits per heavy atom. The van der Waals surface area contributed by atoms with Crippen molar-refractivity contribution in [3.05, 3.63) is 63.8 Å². The second-order valence-corrected chi connectivity index (χ2v) is 9.80. The van der Waals surface area contributed by atoms with Crippen molar-refractivity contribution in [3.8, 4) is 11.3 Å². The SMILES string of the molecule is Cc1nc(C2CC2)nc2sc(C(=O)N(C)CCCc3cc(-c4cccc(F)c4)n[nH]3)c(C)c12. The number of H-pyrrole nitrogens is 1.